The molecule has 0 unspecified atom stereocenters. The van der Waals surface area contributed by atoms with Gasteiger partial charge in [-0.3, -0.25) is 4.79 Å². The third-order valence-corrected chi connectivity index (χ3v) is 9.68. The Morgan fingerprint density at radius 1 is 0.894 bits per heavy atom. The fourth-order valence-corrected chi connectivity index (χ4v) is 7.16. The maximum absolute atomic E-state index is 14.2. The molecule has 1 amide bonds. The van der Waals surface area contributed by atoms with Gasteiger partial charge in [0, 0.05) is 43.0 Å². The average Bonchev–Trinajstić information content (AvgIpc) is 3.03. The standard InChI is InChI=1S/C34H37BrF6N4O2/c1-2-27-16-28(17-29(14-21-6-4-3-5-7-21)45(27)31(47)23-8-10-30(46)11-9-23)44(32-42-18-26(35)19-43-32)20-22-12-24(33(36,37)38)15-25(13-22)34(39,40)41/h3-7,12-13,15,18-19,23,27-30,46H,2,8-11,14,16-17,20H2,1H3/t23-,27-,28+,29+,30+/m1/s1. The molecule has 0 radical (unpaired) electrons. The molecule has 6 nitrogen and oxygen atoms in total. The van der Waals surface area contributed by atoms with Crippen LogP contribution in [0, 0.1) is 5.92 Å². The van der Waals surface area contributed by atoms with Crippen LogP contribution in [0.25, 0.3) is 0 Å². The van der Waals surface area contributed by atoms with Crippen molar-refractivity contribution >= 4 is 27.8 Å². The first kappa shape index (κ1) is 35.1. The molecule has 254 valence electrons. The van der Waals surface area contributed by atoms with E-state index in [0.29, 0.717) is 55.8 Å². The van der Waals surface area contributed by atoms with Gasteiger partial charge in [0.15, 0.2) is 0 Å². The van der Waals surface area contributed by atoms with Crippen molar-refractivity contribution in [3.05, 3.63) is 87.7 Å². The van der Waals surface area contributed by atoms with Crippen LogP contribution in [0.5, 0.6) is 0 Å². The number of aromatic nitrogens is 2. The first-order valence-corrected chi connectivity index (χ1v) is 16.6. The van der Waals surface area contributed by atoms with Crippen molar-refractivity contribution in [1.29, 1.82) is 0 Å². The van der Waals surface area contributed by atoms with Crippen molar-refractivity contribution in [2.45, 2.75) is 101 Å². The number of nitrogens with zero attached hydrogens (tertiary/aromatic N) is 4. The van der Waals surface area contributed by atoms with E-state index in [-0.39, 0.29) is 48.0 Å². The number of carbonyl (C=O) groups is 1. The first-order valence-electron chi connectivity index (χ1n) is 15.8. The lowest BCUT2D eigenvalue weighted by Gasteiger charge is -2.49. The van der Waals surface area contributed by atoms with Crippen LogP contribution in [0.2, 0.25) is 0 Å². The zero-order valence-corrected chi connectivity index (χ0v) is 27.4. The van der Waals surface area contributed by atoms with Gasteiger partial charge in [0.2, 0.25) is 11.9 Å². The normalized spacial score (nSPS) is 23.9. The van der Waals surface area contributed by atoms with Crippen molar-refractivity contribution in [1.82, 2.24) is 14.9 Å². The average molecular weight is 728 g/mol. The number of hydrogen-bond acceptors (Lipinski definition) is 5. The van der Waals surface area contributed by atoms with E-state index in [1.165, 1.54) is 12.4 Å². The van der Waals surface area contributed by atoms with E-state index < -0.39 is 35.6 Å². The van der Waals surface area contributed by atoms with Crippen LogP contribution in [0.3, 0.4) is 0 Å². The Morgan fingerprint density at radius 3 is 2.02 bits per heavy atom. The van der Waals surface area contributed by atoms with Crippen molar-refractivity contribution in [2.24, 2.45) is 5.92 Å². The second-order valence-electron chi connectivity index (χ2n) is 12.5. The molecule has 13 heteroatoms. The lowest BCUT2D eigenvalue weighted by atomic mass is 9.81. The molecule has 3 atom stereocenters. The van der Waals surface area contributed by atoms with Gasteiger partial charge >= 0.3 is 12.4 Å². The molecule has 5 rings (SSSR count). The summed E-state index contributed by atoms with van der Waals surface area (Å²) < 4.78 is 83.3. The van der Waals surface area contributed by atoms with E-state index in [0.717, 1.165) is 17.7 Å². The van der Waals surface area contributed by atoms with Crippen molar-refractivity contribution < 1.29 is 36.2 Å². The molecule has 1 aromatic heterocycles. The van der Waals surface area contributed by atoms with Crippen LogP contribution in [0.15, 0.2) is 65.4 Å². The quantitative estimate of drug-likeness (QED) is 0.237. The van der Waals surface area contributed by atoms with Crippen LogP contribution < -0.4 is 4.90 Å². The van der Waals surface area contributed by atoms with E-state index in [1.807, 2.05) is 42.2 Å². The number of alkyl halides is 6. The Bertz CT molecular complexity index is 1460. The summed E-state index contributed by atoms with van der Waals surface area (Å²) in [5, 5.41) is 10.1. The van der Waals surface area contributed by atoms with E-state index in [4.69, 9.17) is 0 Å². The molecular formula is C34H37BrF6N4O2. The molecule has 2 fully saturated rings. The topological polar surface area (TPSA) is 69.6 Å². The van der Waals surface area contributed by atoms with Gasteiger partial charge in [-0.15, -0.1) is 0 Å². The Kier molecular flexibility index (Phi) is 10.8. The molecule has 1 N–H and O–H groups in total. The van der Waals surface area contributed by atoms with E-state index in [2.05, 4.69) is 25.9 Å². The van der Waals surface area contributed by atoms with Crippen LogP contribution in [-0.4, -0.2) is 50.1 Å². The summed E-state index contributed by atoms with van der Waals surface area (Å²) in [5.74, 6) is -0.0279. The van der Waals surface area contributed by atoms with Gasteiger partial charge in [-0.1, -0.05) is 37.3 Å². The molecule has 2 heterocycles. The number of rotatable bonds is 8. The minimum Gasteiger partial charge on any atom is -0.393 e. The minimum atomic E-state index is -4.98. The second kappa shape index (κ2) is 14.5. The molecule has 2 aromatic carbocycles. The lowest BCUT2D eigenvalue weighted by molar-refractivity contribution is -0.145. The number of aliphatic hydroxyl groups excluding tert-OH is 1. The molecule has 1 aliphatic carbocycles. The molecule has 1 saturated heterocycles. The van der Waals surface area contributed by atoms with Crippen LogP contribution in [0.1, 0.15) is 74.1 Å². The van der Waals surface area contributed by atoms with Crippen molar-refractivity contribution in [2.75, 3.05) is 4.90 Å². The predicted octanol–water partition coefficient (Wildman–Crippen LogP) is 8.22. The van der Waals surface area contributed by atoms with Gasteiger partial charge in [-0.25, -0.2) is 9.97 Å². The fourth-order valence-electron chi connectivity index (χ4n) is 6.95. The van der Waals surface area contributed by atoms with Gasteiger partial charge in [-0.05, 0) is 96.6 Å². The van der Waals surface area contributed by atoms with Crippen LogP contribution in [-0.2, 0) is 30.1 Å². The highest BCUT2D eigenvalue weighted by Gasteiger charge is 2.43. The minimum absolute atomic E-state index is 0.0299. The maximum Gasteiger partial charge on any atom is 0.416 e. The zero-order valence-electron chi connectivity index (χ0n) is 25.8. The predicted molar refractivity (Wildman–Crippen MR) is 168 cm³/mol. The fraction of sp³-hybridized carbons (Fsp3) is 0.500. The number of carbonyl (C=O) groups excluding carboxylic acids is 1. The highest BCUT2D eigenvalue weighted by atomic mass is 79.9. The zero-order chi connectivity index (χ0) is 33.9. The SMILES string of the molecule is CC[C@@H]1C[C@H](N(Cc2cc(C(F)(F)F)cc(C(F)(F)F)c2)c2ncc(Br)cn2)C[C@H](Cc2ccccc2)N1C(=O)[C@H]1CC[C@@H](O)CC1. The highest BCUT2D eigenvalue weighted by Crippen LogP contribution is 2.39. The van der Waals surface area contributed by atoms with E-state index in [9.17, 15) is 36.2 Å². The van der Waals surface area contributed by atoms with Gasteiger partial charge in [0.25, 0.3) is 0 Å². The van der Waals surface area contributed by atoms with E-state index >= 15 is 0 Å². The number of likely N-dealkylation sites (tertiary alicyclic amines) is 1. The molecule has 47 heavy (non-hydrogen) atoms. The summed E-state index contributed by atoms with van der Waals surface area (Å²) in [5.41, 5.74) is -1.94. The Hall–Kier alpha value is -3.19. The molecule has 1 saturated carbocycles. The Labute approximate surface area is 278 Å². The molecule has 0 bridgehead atoms. The van der Waals surface area contributed by atoms with Gasteiger partial charge in [-0.2, -0.15) is 26.3 Å². The lowest BCUT2D eigenvalue weighted by Crippen LogP contribution is -2.59. The maximum atomic E-state index is 14.2. The highest BCUT2D eigenvalue weighted by molar-refractivity contribution is 9.10. The number of piperidine rings is 1. The number of benzene rings is 2. The number of aliphatic hydroxyl groups is 1. The molecule has 1 aliphatic heterocycles. The molecule has 0 spiro atoms. The van der Waals surface area contributed by atoms with Crippen molar-refractivity contribution in [3.8, 4) is 0 Å². The van der Waals surface area contributed by atoms with Gasteiger partial charge in [0.05, 0.1) is 21.7 Å². The summed E-state index contributed by atoms with van der Waals surface area (Å²) in [4.78, 5) is 26.6. The Balaban J connectivity index is 1.54. The third-order valence-electron chi connectivity index (χ3n) is 9.27. The third kappa shape index (κ3) is 8.65. The summed E-state index contributed by atoms with van der Waals surface area (Å²) in [6.45, 7) is 1.67. The largest absolute Gasteiger partial charge is 0.416 e. The number of hydrogen-bond donors (Lipinski definition) is 1. The van der Waals surface area contributed by atoms with Gasteiger partial charge in [0.1, 0.15) is 0 Å². The summed E-state index contributed by atoms with van der Waals surface area (Å²) >= 11 is 3.30. The number of anilines is 1. The van der Waals surface area contributed by atoms with E-state index in [1.54, 1.807) is 4.90 Å². The summed E-state index contributed by atoms with van der Waals surface area (Å²) in [6.07, 6.45) is -3.19. The summed E-state index contributed by atoms with van der Waals surface area (Å²) in [6, 6.07) is 10.3. The number of amides is 1. The molecule has 3 aromatic rings. The summed E-state index contributed by atoms with van der Waals surface area (Å²) in [7, 11) is 0. The molecule has 2 aliphatic rings. The van der Waals surface area contributed by atoms with Crippen molar-refractivity contribution in [3.63, 3.8) is 0 Å². The first-order chi connectivity index (χ1) is 22.2. The Morgan fingerprint density at radius 2 is 1.47 bits per heavy atom. The van der Waals surface area contributed by atoms with Gasteiger partial charge < -0.3 is 14.9 Å². The van der Waals surface area contributed by atoms with Crippen LogP contribution in [0.4, 0.5) is 32.3 Å². The monoisotopic (exact) mass is 726 g/mol. The second-order valence-corrected chi connectivity index (χ2v) is 13.4. The van der Waals surface area contributed by atoms with Crippen LogP contribution >= 0.6 is 15.9 Å². The molecular weight excluding hydrogens is 690 g/mol. The smallest absolute Gasteiger partial charge is 0.393 e. The number of halogens is 7.